The number of carbonyl (C=O) groups excluding carboxylic acids is 4. The van der Waals surface area contributed by atoms with Gasteiger partial charge in [0.05, 0.1) is 53.5 Å². The fourth-order valence-corrected chi connectivity index (χ4v) is 9.10. The summed E-state index contributed by atoms with van der Waals surface area (Å²) in [6.07, 6.45) is 7.42. The van der Waals surface area contributed by atoms with Crippen molar-refractivity contribution in [1.82, 2.24) is 34.5 Å². The molecule has 3 aromatic heterocycles. The minimum absolute atomic E-state index is 0.0251. The summed E-state index contributed by atoms with van der Waals surface area (Å²) in [6.45, 7) is 3.55. The molecule has 17 heteroatoms. The Hall–Kier alpha value is -6.41. The van der Waals surface area contributed by atoms with E-state index in [1.807, 2.05) is 27.9 Å². The summed E-state index contributed by atoms with van der Waals surface area (Å²) in [7, 11) is 1.55. The molecule has 4 aliphatic rings. The van der Waals surface area contributed by atoms with Crippen molar-refractivity contribution in [3.63, 3.8) is 0 Å². The number of aromatic nitrogens is 4. The zero-order valence-corrected chi connectivity index (χ0v) is 32.4. The first kappa shape index (κ1) is 38.1. The van der Waals surface area contributed by atoms with Crippen molar-refractivity contribution >= 4 is 51.4 Å². The Bertz CT molecular complexity index is 2520. The molecule has 3 aliphatic heterocycles. The summed E-state index contributed by atoms with van der Waals surface area (Å²) in [5, 5.41) is 24.3. The maximum atomic E-state index is 15.1. The number of piperazine rings is 1. The second-order valence-corrected chi connectivity index (χ2v) is 15.8. The van der Waals surface area contributed by atoms with Gasteiger partial charge in [-0.25, -0.2) is 13.3 Å². The molecule has 0 radical (unpaired) electrons. The molecule has 0 spiro atoms. The number of hydrogen-bond donors (Lipinski definition) is 2. The van der Waals surface area contributed by atoms with E-state index in [9.17, 15) is 24.4 Å². The quantitative estimate of drug-likeness (QED) is 0.215. The van der Waals surface area contributed by atoms with Crippen LogP contribution in [0.5, 0.6) is 5.75 Å². The van der Waals surface area contributed by atoms with Crippen LogP contribution in [0.4, 0.5) is 20.2 Å². The average molecular weight is 805 g/mol. The van der Waals surface area contributed by atoms with Gasteiger partial charge < -0.3 is 19.9 Å². The maximum Gasteiger partial charge on any atom is 0.274 e. The number of amides is 4. The first-order chi connectivity index (χ1) is 28.6. The number of anilines is 2. The third-order valence-corrected chi connectivity index (χ3v) is 12.4. The standard InChI is InChI=1S/C42H42F2N10O5/c1-59-37-18-34-25(15-35(37)47-41(57)36-8-6-29-14-24(19-45)20-46-54(29)36)23-53(49-34)28-4-2-27(3-5-28)50-10-12-51(13-11-50)42(58)26-21-52(22-26)30-16-32(43)39(33(44)17-30)31-7-9-38(55)48-40(31)56/h6,8,14-18,20,23,26-28,31H,2-5,7,9-13,21-22H2,1H3,(H,47,57)(H,48,55,56)/t27?,28?,31-/m1/s1. The van der Waals surface area contributed by atoms with Crippen LogP contribution in [0, 0.1) is 28.9 Å². The number of nitrogens with one attached hydrogen (secondary N) is 2. The van der Waals surface area contributed by atoms with Crippen LogP contribution in [0.15, 0.2) is 54.9 Å². The molecule has 1 aliphatic carbocycles. The Balaban J connectivity index is 0.760. The largest absolute Gasteiger partial charge is 0.494 e. The second kappa shape index (κ2) is 15.4. The highest BCUT2D eigenvalue weighted by atomic mass is 19.1. The van der Waals surface area contributed by atoms with Crippen LogP contribution in [0.2, 0.25) is 0 Å². The number of methoxy groups -OCH3 is 1. The molecule has 4 amide bonds. The number of imide groups is 1. The highest BCUT2D eigenvalue weighted by Crippen LogP contribution is 2.37. The average Bonchev–Trinajstić information content (AvgIpc) is 3.84. The number of rotatable bonds is 8. The van der Waals surface area contributed by atoms with E-state index in [1.54, 1.807) is 30.2 Å². The van der Waals surface area contributed by atoms with Crippen molar-refractivity contribution in [2.75, 3.05) is 56.6 Å². The van der Waals surface area contributed by atoms with Gasteiger partial charge in [0.1, 0.15) is 29.1 Å². The molecule has 1 atom stereocenters. The lowest BCUT2D eigenvalue weighted by atomic mass is 9.89. The summed E-state index contributed by atoms with van der Waals surface area (Å²) in [4.78, 5) is 56.6. The smallest absolute Gasteiger partial charge is 0.274 e. The normalized spacial score (nSPS) is 21.6. The van der Waals surface area contributed by atoms with Crippen molar-refractivity contribution in [3.05, 3.63) is 83.3 Å². The fraction of sp³-hybridized carbons (Fsp3) is 0.405. The molecule has 4 fully saturated rings. The number of carbonyl (C=O) groups is 4. The van der Waals surface area contributed by atoms with Crippen molar-refractivity contribution < 1.29 is 32.7 Å². The van der Waals surface area contributed by atoms with Gasteiger partial charge in [-0.1, -0.05) is 0 Å². The van der Waals surface area contributed by atoms with Crippen molar-refractivity contribution in [2.45, 2.75) is 56.5 Å². The van der Waals surface area contributed by atoms with Crippen LogP contribution in [0.1, 0.15) is 72.1 Å². The number of fused-ring (bicyclic) bond motifs is 2. The van der Waals surface area contributed by atoms with E-state index < -0.39 is 29.4 Å². The number of ether oxygens (including phenoxy) is 1. The van der Waals surface area contributed by atoms with E-state index in [2.05, 4.69) is 26.7 Å². The first-order valence-electron chi connectivity index (χ1n) is 19.9. The monoisotopic (exact) mass is 804 g/mol. The minimum Gasteiger partial charge on any atom is -0.494 e. The summed E-state index contributed by atoms with van der Waals surface area (Å²) < 4.78 is 39.3. The lowest BCUT2D eigenvalue weighted by molar-refractivity contribution is -0.138. The molecule has 6 heterocycles. The van der Waals surface area contributed by atoms with E-state index in [0.717, 1.165) is 49.7 Å². The number of piperidine rings is 1. The van der Waals surface area contributed by atoms with Crippen molar-refractivity contribution in [1.29, 1.82) is 5.26 Å². The van der Waals surface area contributed by atoms with Gasteiger partial charge in [0, 0.05) is 80.6 Å². The Morgan fingerprint density at radius 3 is 2.37 bits per heavy atom. The van der Waals surface area contributed by atoms with Crippen LogP contribution in [0.25, 0.3) is 16.4 Å². The van der Waals surface area contributed by atoms with E-state index in [1.165, 1.54) is 22.8 Å². The molecule has 0 unspecified atom stereocenters. The van der Waals surface area contributed by atoms with E-state index in [4.69, 9.17) is 9.84 Å². The molecule has 3 saturated heterocycles. The van der Waals surface area contributed by atoms with Gasteiger partial charge in [-0.05, 0) is 68.5 Å². The van der Waals surface area contributed by atoms with Crippen LogP contribution >= 0.6 is 0 Å². The van der Waals surface area contributed by atoms with Gasteiger partial charge in [0.15, 0.2) is 0 Å². The number of halogens is 2. The molecule has 5 aromatic rings. The zero-order chi connectivity index (χ0) is 40.9. The molecule has 2 N–H and O–H groups in total. The van der Waals surface area contributed by atoms with E-state index in [-0.39, 0.29) is 42.2 Å². The lowest BCUT2D eigenvalue weighted by Gasteiger charge is -2.45. The molecule has 0 bridgehead atoms. The van der Waals surface area contributed by atoms with Gasteiger partial charge in [-0.3, -0.25) is 34.1 Å². The highest BCUT2D eigenvalue weighted by molar-refractivity contribution is 6.06. The van der Waals surface area contributed by atoms with Crippen LogP contribution < -0.4 is 20.3 Å². The van der Waals surface area contributed by atoms with Crippen LogP contribution in [0.3, 0.4) is 0 Å². The second-order valence-electron chi connectivity index (χ2n) is 15.8. The Kier molecular flexibility index (Phi) is 9.95. The Labute approximate surface area is 337 Å². The molecule has 9 rings (SSSR count). The molecule has 2 aromatic carbocycles. The lowest BCUT2D eigenvalue weighted by Crippen LogP contribution is -2.59. The van der Waals surface area contributed by atoms with E-state index in [0.29, 0.717) is 66.1 Å². The maximum absolute atomic E-state index is 15.1. The number of hydrogen-bond acceptors (Lipinski definition) is 10. The summed E-state index contributed by atoms with van der Waals surface area (Å²) in [6, 6.07) is 13.9. The summed E-state index contributed by atoms with van der Waals surface area (Å²) >= 11 is 0. The van der Waals surface area contributed by atoms with Crippen LogP contribution in [-0.4, -0.2) is 105 Å². The molecule has 304 valence electrons. The summed E-state index contributed by atoms with van der Waals surface area (Å²) in [5.74, 6) is -3.94. The minimum atomic E-state index is -1.06. The zero-order valence-electron chi connectivity index (χ0n) is 32.4. The van der Waals surface area contributed by atoms with Crippen molar-refractivity contribution in [3.8, 4) is 11.8 Å². The first-order valence-corrected chi connectivity index (χ1v) is 19.9. The Morgan fingerprint density at radius 1 is 0.949 bits per heavy atom. The number of nitriles is 1. The van der Waals surface area contributed by atoms with E-state index >= 15 is 8.78 Å². The fourth-order valence-electron chi connectivity index (χ4n) is 9.10. The van der Waals surface area contributed by atoms with Crippen LogP contribution in [-0.2, 0) is 14.4 Å². The van der Waals surface area contributed by atoms with Gasteiger partial charge in [0.2, 0.25) is 17.7 Å². The molecule has 59 heavy (non-hydrogen) atoms. The molecular formula is C42H42F2N10O5. The highest BCUT2D eigenvalue weighted by Gasteiger charge is 2.39. The van der Waals surface area contributed by atoms with Gasteiger partial charge in [-0.2, -0.15) is 15.5 Å². The number of benzene rings is 2. The number of nitrogens with zero attached hydrogens (tertiary/aromatic N) is 8. The van der Waals surface area contributed by atoms with Gasteiger partial charge >= 0.3 is 0 Å². The predicted octanol–water partition coefficient (Wildman–Crippen LogP) is 4.38. The van der Waals surface area contributed by atoms with Crippen molar-refractivity contribution in [2.24, 2.45) is 5.92 Å². The third kappa shape index (κ3) is 7.22. The predicted molar refractivity (Wildman–Crippen MR) is 211 cm³/mol. The molecular weight excluding hydrogens is 763 g/mol. The topological polar surface area (TPSA) is 170 Å². The SMILES string of the molecule is COc1cc2nn(C3CCC(N4CCN(C(=O)C5CN(c6cc(F)c([C@H]7CCC(=O)NC7=O)c(F)c6)C5)CC4)CC3)cc2cc1NC(=O)c1ccc2cc(C#N)cnn12. The molecule has 15 nitrogen and oxygen atoms in total. The summed E-state index contributed by atoms with van der Waals surface area (Å²) in [5.41, 5.74) is 2.64. The molecule has 1 saturated carbocycles. The third-order valence-electron chi connectivity index (χ3n) is 12.4. The Morgan fingerprint density at radius 2 is 1.68 bits per heavy atom. The van der Waals surface area contributed by atoms with Gasteiger partial charge in [-0.15, -0.1) is 0 Å². The van der Waals surface area contributed by atoms with Gasteiger partial charge in [0.25, 0.3) is 5.91 Å².